The van der Waals surface area contributed by atoms with Crippen molar-refractivity contribution < 1.29 is 13.9 Å². The minimum absolute atomic E-state index is 0.0424. The molecule has 0 N–H and O–H groups in total. The van der Waals surface area contributed by atoms with E-state index in [1.807, 2.05) is 19.1 Å². The molecule has 5 heteroatoms. The van der Waals surface area contributed by atoms with Gasteiger partial charge in [-0.25, -0.2) is 9.37 Å². The Kier molecular flexibility index (Phi) is 4.03. The molecule has 1 aliphatic rings. The largest absolute Gasteiger partial charge is 0.382 e. The molecule has 0 bridgehead atoms. The number of ether oxygens (including phenoxy) is 2. The van der Waals surface area contributed by atoms with E-state index in [9.17, 15) is 4.39 Å². The molecule has 1 aromatic carbocycles. The van der Waals surface area contributed by atoms with Crippen LogP contribution in [-0.2, 0) is 9.47 Å². The fourth-order valence-electron chi connectivity index (χ4n) is 2.81. The minimum atomic E-state index is -0.279. The fraction of sp³-hybridized carbons (Fsp3) is 0.438. The summed E-state index contributed by atoms with van der Waals surface area (Å²) >= 11 is 0. The van der Waals surface area contributed by atoms with Crippen molar-refractivity contribution in [1.29, 1.82) is 0 Å². The van der Waals surface area contributed by atoms with Gasteiger partial charge in [0.15, 0.2) is 0 Å². The van der Waals surface area contributed by atoms with Gasteiger partial charge in [0, 0.05) is 37.0 Å². The number of rotatable bonds is 3. The smallest absolute Gasteiger partial charge is 0.149 e. The highest BCUT2D eigenvalue weighted by Gasteiger charge is 2.22. The summed E-state index contributed by atoms with van der Waals surface area (Å²) < 4.78 is 24.8. The van der Waals surface area contributed by atoms with E-state index >= 15 is 0 Å². The van der Waals surface area contributed by atoms with E-state index in [1.165, 1.54) is 6.07 Å². The molecule has 0 radical (unpaired) electrons. The van der Waals surface area contributed by atoms with Crippen molar-refractivity contribution >= 4 is 16.6 Å². The van der Waals surface area contributed by atoms with Gasteiger partial charge < -0.3 is 14.4 Å². The van der Waals surface area contributed by atoms with E-state index in [0.29, 0.717) is 18.7 Å². The van der Waals surface area contributed by atoms with Gasteiger partial charge in [0.05, 0.1) is 19.3 Å². The Hall–Kier alpha value is -1.72. The monoisotopic (exact) mass is 290 g/mol. The third kappa shape index (κ3) is 2.84. The molecule has 1 fully saturated rings. The summed E-state index contributed by atoms with van der Waals surface area (Å²) in [5, 5.41) is 0.846. The lowest BCUT2D eigenvalue weighted by molar-refractivity contribution is -0.00996. The fourth-order valence-corrected chi connectivity index (χ4v) is 2.81. The molecule has 0 spiro atoms. The molecule has 2 aromatic rings. The van der Waals surface area contributed by atoms with Crippen molar-refractivity contribution in [3.05, 3.63) is 35.8 Å². The molecule has 1 atom stereocenters. The zero-order chi connectivity index (χ0) is 14.8. The third-order valence-corrected chi connectivity index (χ3v) is 3.73. The number of halogens is 1. The van der Waals surface area contributed by atoms with Crippen LogP contribution in [0.25, 0.3) is 10.9 Å². The molecule has 21 heavy (non-hydrogen) atoms. The van der Waals surface area contributed by atoms with Crippen LogP contribution in [0.15, 0.2) is 24.3 Å². The second-order valence-electron chi connectivity index (χ2n) is 5.31. The molecular formula is C16H19FN2O2. The third-order valence-electron chi connectivity index (χ3n) is 3.73. The molecular weight excluding hydrogens is 271 g/mol. The second kappa shape index (κ2) is 5.95. The Bertz CT molecular complexity index is 645. The Labute approximate surface area is 123 Å². The number of hydrogen-bond donors (Lipinski definition) is 0. The number of para-hydroxylation sites is 1. The van der Waals surface area contributed by atoms with Crippen molar-refractivity contribution in [3.63, 3.8) is 0 Å². The van der Waals surface area contributed by atoms with Gasteiger partial charge in [0.2, 0.25) is 0 Å². The van der Waals surface area contributed by atoms with Crippen molar-refractivity contribution in [2.75, 3.05) is 38.3 Å². The number of anilines is 1. The standard InChI is InChI=1S/C16H19FN2O2/c1-11-8-15(13-4-3-5-14(17)16(13)18-11)19-6-7-21-12(9-19)10-20-2/h3-5,8,12H,6-7,9-10H2,1-2H3. The molecule has 2 heterocycles. The number of fused-ring (bicyclic) bond motifs is 1. The number of benzene rings is 1. The number of aromatic nitrogens is 1. The van der Waals surface area contributed by atoms with E-state index in [4.69, 9.17) is 9.47 Å². The van der Waals surface area contributed by atoms with Crippen molar-refractivity contribution in [2.24, 2.45) is 0 Å². The van der Waals surface area contributed by atoms with Crippen LogP contribution in [0.4, 0.5) is 10.1 Å². The Morgan fingerprint density at radius 3 is 3.14 bits per heavy atom. The highest BCUT2D eigenvalue weighted by molar-refractivity contribution is 5.92. The van der Waals surface area contributed by atoms with Crippen molar-refractivity contribution in [3.8, 4) is 0 Å². The quantitative estimate of drug-likeness (QED) is 0.870. The number of pyridine rings is 1. The molecule has 1 aliphatic heterocycles. The number of nitrogens with zero attached hydrogens (tertiary/aromatic N) is 2. The number of hydrogen-bond acceptors (Lipinski definition) is 4. The summed E-state index contributed by atoms with van der Waals surface area (Å²) in [5.74, 6) is -0.279. The summed E-state index contributed by atoms with van der Waals surface area (Å²) in [6.07, 6.45) is 0.0424. The average Bonchev–Trinajstić information content (AvgIpc) is 2.48. The lowest BCUT2D eigenvalue weighted by Crippen LogP contribution is -2.44. The Morgan fingerprint density at radius 2 is 2.33 bits per heavy atom. The SMILES string of the molecule is COCC1CN(c2cc(C)nc3c(F)cccc23)CCO1. The van der Waals surface area contributed by atoms with E-state index < -0.39 is 0 Å². The maximum Gasteiger partial charge on any atom is 0.149 e. The first-order chi connectivity index (χ1) is 10.2. The van der Waals surface area contributed by atoms with Crippen LogP contribution in [0.3, 0.4) is 0 Å². The molecule has 0 aliphatic carbocycles. The maximum absolute atomic E-state index is 14.0. The summed E-state index contributed by atoms with van der Waals surface area (Å²) in [7, 11) is 1.67. The lowest BCUT2D eigenvalue weighted by atomic mass is 10.1. The topological polar surface area (TPSA) is 34.6 Å². The molecule has 112 valence electrons. The summed E-state index contributed by atoms with van der Waals surface area (Å²) in [6, 6.07) is 7.11. The number of morpholine rings is 1. The number of methoxy groups -OCH3 is 1. The zero-order valence-corrected chi connectivity index (χ0v) is 12.3. The van der Waals surface area contributed by atoms with E-state index in [1.54, 1.807) is 13.2 Å². The van der Waals surface area contributed by atoms with Crippen LogP contribution >= 0.6 is 0 Å². The first kappa shape index (κ1) is 14.2. The van der Waals surface area contributed by atoms with E-state index in [0.717, 1.165) is 29.9 Å². The van der Waals surface area contributed by atoms with Gasteiger partial charge in [-0.05, 0) is 19.1 Å². The molecule has 1 saturated heterocycles. The summed E-state index contributed by atoms with van der Waals surface area (Å²) in [4.78, 5) is 6.55. The predicted octanol–water partition coefficient (Wildman–Crippen LogP) is 2.53. The van der Waals surface area contributed by atoms with Gasteiger partial charge in [-0.3, -0.25) is 0 Å². The van der Waals surface area contributed by atoms with Crippen LogP contribution < -0.4 is 4.90 Å². The first-order valence-corrected chi connectivity index (χ1v) is 7.10. The minimum Gasteiger partial charge on any atom is -0.382 e. The molecule has 3 rings (SSSR count). The Morgan fingerprint density at radius 1 is 1.48 bits per heavy atom. The lowest BCUT2D eigenvalue weighted by Gasteiger charge is -2.35. The highest BCUT2D eigenvalue weighted by atomic mass is 19.1. The van der Waals surface area contributed by atoms with Gasteiger partial charge in [-0.2, -0.15) is 0 Å². The van der Waals surface area contributed by atoms with Gasteiger partial charge in [0.25, 0.3) is 0 Å². The average molecular weight is 290 g/mol. The molecule has 0 amide bonds. The first-order valence-electron chi connectivity index (χ1n) is 7.10. The van der Waals surface area contributed by atoms with E-state index in [-0.39, 0.29) is 11.9 Å². The van der Waals surface area contributed by atoms with Gasteiger partial charge in [-0.15, -0.1) is 0 Å². The zero-order valence-electron chi connectivity index (χ0n) is 12.3. The number of aryl methyl sites for hydroxylation is 1. The van der Waals surface area contributed by atoms with Crippen LogP contribution in [0, 0.1) is 12.7 Å². The maximum atomic E-state index is 14.0. The van der Waals surface area contributed by atoms with Gasteiger partial charge in [0.1, 0.15) is 11.3 Å². The summed E-state index contributed by atoms with van der Waals surface area (Å²) in [5.41, 5.74) is 2.26. The molecule has 1 unspecified atom stereocenters. The van der Waals surface area contributed by atoms with Crippen LogP contribution in [0.1, 0.15) is 5.69 Å². The van der Waals surface area contributed by atoms with Crippen LogP contribution in [-0.4, -0.2) is 44.5 Å². The highest BCUT2D eigenvalue weighted by Crippen LogP contribution is 2.29. The molecule has 4 nitrogen and oxygen atoms in total. The second-order valence-corrected chi connectivity index (χ2v) is 5.31. The van der Waals surface area contributed by atoms with Gasteiger partial charge >= 0.3 is 0 Å². The van der Waals surface area contributed by atoms with Gasteiger partial charge in [-0.1, -0.05) is 12.1 Å². The molecule has 0 saturated carbocycles. The van der Waals surface area contributed by atoms with Crippen LogP contribution in [0.5, 0.6) is 0 Å². The Balaban J connectivity index is 2.01. The predicted molar refractivity (Wildman–Crippen MR) is 80.3 cm³/mol. The van der Waals surface area contributed by atoms with Crippen molar-refractivity contribution in [1.82, 2.24) is 4.98 Å². The van der Waals surface area contributed by atoms with Crippen molar-refractivity contribution in [2.45, 2.75) is 13.0 Å². The van der Waals surface area contributed by atoms with E-state index in [2.05, 4.69) is 9.88 Å². The molecule has 1 aromatic heterocycles. The van der Waals surface area contributed by atoms with Crippen LogP contribution in [0.2, 0.25) is 0 Å². The summed E-state index contributed by atoms with van der Waals surface area (Å²) in [6.45, 7) is 4.62. The normalized spacial score (nSPS) is 19.2.